The van der Waals surface area contributed by atoms with Gasteiger partial charge in [-0.2, -0.15) is 0 Å². The average Bonchev–Trinajstić information content (AvgIpc) is 2.97. The van der Waals surface area contributed by atoms with Gasteiger partial charge >= 0.3 is 0 Å². The maximum Gasteiger partial charge on any atom is -0.00186 e. The van der Waals surface area contributed by atoms with Gasteiger partial charge in [-0.25, -0.2) is 0 Å². The normalized spacial score (nSPS) is 15.3. The molecule has 0 bridgehead atoms. The van der Waals surface area contributed by atoms with Crippen LogP contribution in [0.1, 0.15) is 220 Å². The van der Waals surface area contributed by atoms with Crippen LogP contribution in [0.2, 0.25) is 0 Å². The maximum absolute atomic E-state index is 2.76. The molecule has 1 heteroatoms. The molecule has 1 nitrogen and oxygen atoms in total. The van der Waals surface area contributed by atoms with E-state index in [0.717, 1.165) is 11.8 Å². The third-order valence-electron chi connectivity index (χ3n) is 10.2. The van der Waals surface area contributed by atoms with Gasteiger partial charge in [0.25, 0.3) is 0 Å². The van der Waals surface area contributed by atoms with Crippen LogP contribution in [0.5, 0.6) is 0 Å². The average molecular weight is 562 g/mol. The number of piperidine rings is 1. The van der Waals surface area contributed by atoms with Crippen LogP contribution in [0, 0.1) is 11.8 Å². The van der Waals surface area contributed by atoms with Crippen molar-refractivity contribution in [1.29, 1.82) is 0 Å². The van der Waals surface area contributed by atoms with Crippen molar-refractivity contribution in [1.82, 2.24) is 4.90 Å². The fraction of sp³-hybridized carbons (Fsp3) is 1.00. The Bertz CT molecular complexity index is 457. The minimum atomic E-state index is 1.02. The molecule has 1 aliphatic rings. The Morgan fingerprint density at radius 1 is 0.350 bits per heavy atom. The van der Waals surface area contributed by atoms with Crippen LogP contribution in [0.15, 0.2) is 0 Å². The molecule has 40 heavy (non-hydrogen) atoms. The predicted octanol–water partition coefficient (Wildman–Crippen LogP) is 13.7. The molecule has 1 unspecified atom stereocenters. The number of nitrogens with zero attached hydrogens (tertiary/aromatic N) is 1. The first-order valence-corrected chi connectivity index (χ1v) is 19.5. The highest BCUT2D eigenvalue weighted by atomic mass is 15.1. The van der Waals surface area contributed by atoms with E-state index >= 15 is 0 Å². The van der Waals surface area contributed by atoms with Crippen LogP contribution in [-0.2, 0) is 0 Å². The minimum Gasteiger partial charge on any atom is -0.303 e. The summed E-state index contributed by atoms with van der Waals surface area (Å²) in [5.41, 5.74) is 0. The smallest absolute Gasteiger partial charge is 0.00186 e. The Kier molecular flexibility index (Phi) is 28.9. The van der Waals surface area contributed by atoms with E-state index in [1.807, 2.05) is 0 Å². The van der Waals surface area contributed by atoms with Gasteiger partial charge < -0.3 is 4.90 Å². The molecular formula is C39H79N. The van der Waals surface area contributed by atoms with Crippen LogP contribution < -0.4 is 0 Å². The molecule has 0 aromatic rings. The van der Waals surface area contributed by atoms with Gasteiger partial charge in [0, 0.05) is 0 Å². The zero-order chi connectivity index (χ0) is 28.8. The van der Waals surface area contributed by atoms with Gasteiger partial charge in [-0.15, -0.1) is 0 Å². The van der Waals surface area contributed by atoms with Gasteiger partial charge in [0.15, 0.2) is 0 Å². The van der Waals surface area contributed by atoms with Gasteiger partial charge in [-0.3, -0.25) is 0 Å². The summed E-state index contributed by atoms with van der Waals surface area (Å²) < 4.78 is 0. The lowest BCUT2D eigenvalue weighted by atomic mass is 9.89. The highest BCUT2D eigenvalue weighted by Crippen LogP contribution is 2.26. The molecule has 1 fully saturated rings. The Morgan fingerprint density at radius 2 is 0.650 bits per heavy atom. The van der Waals surface area contributed by atoms with E-state index < -0.39 is 0 Å². The second-order valence-electron chi connectivity index (χ2n) is 14.1. The zero-order valence-electron chi connectivity index (χ0n) is 28.6. The van der Waals surface area contributed by atoms with Gasteiger partial charge in [-0.1, -0.05) is 194 Å². The van der Waals surface area contributed by atoms with Crippen molar-refractivity contribution in [3.05, 3.63) is 0 Å². The van der Waals surface area contributed by atoms with E-state index in [9.17, 15) is 0 Å². The number of likely N-dealkylation sites (tertiary alicyclic amines) is 1. The highest BCUT2D eigenvalue weighted by Gasteiger charge is 2.13. The Balaban J connectivity index is 2.11. The number of hydrogen-bond donors (Lipinski definition) is 0. The molecule has 0 N–H and O–H groups in total. The molecule has 0 amide bonds. The quantitative estimate of drug-likeness (QED) is 0.0761. The molecule has 0 spiro atoms. The molecule has 0 radical (unpaired) electrons. The van der Waals surface area contributed by atoms with Crippen molar-refractivity contribution in [2.45, 2.75) is 220 Å². The number of unbranched alkanes of at least 4 members (excludes halogenated alkanes) is 17. The lowest BCUT2D eigenvalue weighted by molar-refractivity contribution is 0.217. The summed E-state index contributed by atoms with van der Waals surface area (Å²) in [7, 11) is 0. The molecular weight excluding hydrogens is 482 g/mol. The van der Waals surface area contributed by atoms with Crippen molar-refractivity contribution in [2.75, 3.05) is 19.6 Å². The summed E-state index contributed by atoms with van der Waals surface area (Å²) >= 11 is 0. The van der Waals surface area contributed by atoms with Gasteiger partial charge in [-0.05, 0) is 57.2 Å². The number of rotatable bonds is 31. The van der Waals surface area contributed by atoms with E-state index in [-0.39, 0.29) is 0 Å². The fourth-order valence-electron chi connectivity index (χ4n) is 7.34. The first-order valence-electron chi connectivity index (χ1n) is 19.5. The van der Waals surface area contributed by atoms with Crippen molar-refractivity contribution in [2.24, 2.45) is 11.8 Å². The number of hydrogen-bond acceptors (Lipinski definition) is 1. The zero-order valence-corrected chi connectivity index (χ0v) is 28.6. The molecule has 0 saturated carbocycles. The molecule has 1 heterocycles. The lowest BCUT2D eigenvalue weighted by Crippen LogP contribution is -2.30. The van der Waals surface area contributed by atoms with E-state index in [4.69, 9.17) is 0 Å². The summed E-state index contributed by atoms with van der Waals surface area (Å²) in [6.07, 6.45) is 45.7. The third kappa shape index (κ3) is 24.5. The Morgan fingerprint density at radius 3 is 1.05 bits per heavy atom. The fourth-order valence-corrected chi connectivity index (χ4v) is 7.34. The summed E-state index contributed by atoms with van der Waals surface area (Å²) in [5, 5.41) is 0. The van der Waals surface area contributed by atoms with Gasteiger partial charge in [0.05, 0.1) is 0 Å². The summed E-state index contributed by atoms with van der Waals surface area (Å²) in [6.45, 7) is 11.2. The van der Waals surface area contributed by atoms with E-state index in [1.165, 1.54) is 219 Å². The van der Waals surface area contributed by atoms with Gasteiger partial charge in [0.1, 0.15) is 0 Å². The van der Waals surface area contributed by atoms with Crippen molar-refractivity contribution in [3.8, 4) is 0 Å². The Labute approximate surface area is 255 Å². The molecule has 1 aliphatic heterocycles. The highest BCUT2D eigenvalue weighted by molar-refractivity contribution is 4.67. The largest absolute Gasteiger partial charge is 0.303 e. The predicted molar refractivity (Wildman–Crippen MR) is 184 cm³/mol. The van der Waals surface area contributed by atoms with Crippen LogP contribution >= 0.6 is 0 Å². The molecule has 1 rings (SSSR count). The van der Waals surface area contributed by atoms with Crippen LogP contribution in [0.4, 0.5) is 0 Å². The Hall–Kier alpha value is -0.0400. The second-order valence-corrected chi connectivity index (χ2v) is 14.1. The SMILES string of the molecule is CCCCCCCCCC(CCCCCCCCCCC(CCCCC)CCCCC)CCCN1CCCCC1. The molecule has 0 aromatic carbocycles. The van der Waals surface area contributed by atoms with E-state index in [0.29, 0.717) is 0 Å². The van der Waals surface area contributed by atoms with E-state index in [2.05, 4.69) is 25.7 Å². The maximum atomic E-state index is 2.76. The minimum absolute atomic E-state index is 1.02. The van der Waals surface area contributed by atoms with Crippen molar-refractivity contribution in [3.63, 3.8) is 0 Å². The molecule has 1 saturated heterocycles. The molecule has 0 aromatic heterocycles. The molecule has 0 aliphatic carbocycles. The molecule has 1 atom stereocenters. The van der Waals surface area contributed by atoms with Crippen molar-refractivity contribution >= 4 is 0 Å². The summed E-state index contributed by atoms with van der Waals surface area (Å²) in [6, 6.07) is 0. The standard InChI is InChI=1S/C39H79N/c1-4-7-10-11-14-17-24-32-39(34-28-37-40-35-26-20-27-36-40)33-25-19-16-13-12-15-18-23-31-38(29-21-8-5-2)30-22-9-6-3/h38-39H,4-37H2,1-3H3. The van der Waals surface area contributed by atoms with E-state index in [1.54, 1.807) is 0 Å². The van der Waals surface area contributed by atoms with Crippen molar-refractivity contribution < 1.29 is 0 Å². The topological polar surface area (TPSA) is 3.24 Å². The second kappa shape index (κ2) is 30.4. The van der Waals surface area contributed by atoms with Crippen LogP contribution in [0.25, 0.3) is 0 Å². The third-order valence-corrected chi connectivity index (χ3v) is 10.2. The summed E-state index contributed by atoms with van der Waals surface area (Å²) in [4.78, 5) is 2.76. The van der Waals surface area contributed by atoms with Gasteiger partial charge in [0.2, 0.25) is 0 Å². The van der Waals surface area contributed by atoms with Crippen LogP contribution in [-0.4, -0.2) is 24.5 Å². The monoisotopic (exact) mass is 562 g/mol. The lowest BCUT2D eigenvalue weighted by Gasteiger charge is -2.27. The molecule has 240 valence electrons. The summed E-state index contributed by atoms with van der Waals surface area (Å²) in [5.74, 6) is 2.05. The first kappa shape index (κ1) is 38.0. The van der Waals surface area contributed by atoms with Crippen LogP contribution in [0.3, 0.4) is 0 Å². The first-order chi connectivity index (χ1) is 19.8.